The Bertz CT molecular complexity index is 579. The molecule has 0 aliphatic rings. The minimum Gasteiger partial charge on any atom is -0.508 e. The molecule has 6 heteroatoms. The molecule has 1 atom stereocenters. The summed E-state index contributed by atoms with van der Waals surface area (Å²) < 4.78 is 5.23. The van der Waals surface area contributed by atoms with E-state index in [4.69, 9.17) is 4.74 Å². The second-order valence-corrected chi connectivity index (χ2v) is 6.81. The fraction of sp³-hybridized carbons (Fsp3) is 0.556. The molecule has 0 fully saturated rings. The minimum absolute atomic E-state index is 0.200. The summed E-state index contributed by atoms with van der Waals surface area (Å²) in [5.41, 5.74) is 0.930. The molecule has 134 valence electrons. The predicted octanol–water partition coefficient (Wildman–Crippen LogP) is 2.66. The van der Waals surface area contributed by atoms with Crippen LogP contribution in [0.5, 0.6) is 5.75 Å². The van der Waals surface area contributed by atoms with E-state index >= 15 is 0 Å². The van der Waals surface area contributed by atoms with Crippen molar-refractivity contribution in [3.8, 4) is 5.75 Å². The van der Waals surface area contributed by atoms with Gasteiger partial charge in [-0.05, 0) is 51.3 Å². The number of carbonyl (C=O) groups is 2. The number of benzene rings is 1. The highest BCUT2D eigenvalue weighted by atomic mass is 16.6. The Morgan fingerprint density at radius 2 is 1.96 bits per heavy atom. The normalized spacial score (nSPS) is 12.4. The molecule has 0 saturated carbocycles. The fourth-order valence-corrected chi connectivity index (χ4v) is 2.11. The number of carbonyl (C=O) groups excluding carboxylic acids is 2. The number of amides is 2. The van der Waals surface area contributed by atoms with Gasteiger partial charge in [0.05, 0.1) is 0 Å². The lowest BCUT2D eigenvalue weighted by atomic mass is 10.0. The molecular weight excluding hydrogens is 308 g/mol. The zero-order valence-electron chi connectivity index (χ0n) is 15.1. The van der Waals surface area contributed by atoms with Crippen LogP contribution in [0.1, 0.15) is 45.2 Å². The summed E-state index contributed by atoms with van der Waals surface area (Å²) in [7, 11) is 0. The summed E-state index contributed by atoms with van der Waals surface area (Å²) in [6.45, 7) is 9.58. The average Bonchev–Trinajstić information content (AvgIpc) is 2.46. The van der Waals surface area contributed by atoms with Crippen molar-refractivity contribution in [3.63, 3.8) is 0 Å². The number of phenolic OH excluding ortho intramolecular Hbond substituents is 1. The van der Waals surface area contributed by atoms with E-state index in [1.165, 1.54) is 0 Å². The third-order valence-electron chi connectivity index (χ3n) is 3.26. The van der Waals surface area contributed by atoms with E-state index in [-0.39, 0.29) is 11.7 Å². The van der Waals surface area contributed by atoms with Crippen LogP contribution >= 0.6 is 0 Å². The van der Waals surface area contributed by atoms with Crippen LogP contribution in [0.3, 0.4) is 0 Å². The van der Waals surface area contributed by atoms with Crippen molar-refractivity contribution < 1.29 is 19.4 Å². The Labute approximate surface area is 143 Å². The Morgan fingerprint density at radius 3 is 2.50 bits per heavy atom. The van der Waals surface area contributed by atoms with Gasteiger partial charge in [-0.15, -0.1) is 0 Å². The van der Waals surface area contributed by atoms with Crippen LogP contribution in [-0.4, -0.2) is 35.3 Å². The van der Waals surface area contributed by atoms with Crippen molar-refractivity contribution in [1.29, 1.82) is 0 Å². The van der Waals surface area contributed by atoms with E-state index in [2.05, 4.69) is 10.6 Å². The maximum absolute atomic E-state index is 12.3. The zero-order chi connectivity index (χ0) is 18.3. The number of aryl methyl sites for hydroxylation is 1. The van der Waals surface area contributed by atoms with Gasteiger partial charge in [-0.1, -0.05) is 19.1 Å². The highest BCUT2D eigenvalue weighted by molar-refractivity contribution is 5.86. The zero-order valence-corrected chi connectivity index (χ0v) is 15.1. The molecule has 0 saturated heterocycles. The SMILES string of the molecule is CCCNC(=O)C(Cc1ccc(O)c(C)c1)NC(=O)OC(C)(C)C. The number of alkyl carbamates (subject to hydrolysis) is 1. The summed E-state index contributed by atoms with van der Waals surface area (Å²) in [5, 5.41) is 15.0. The van der Waals surface area contributed by atoms with Gasteiger partial charge in [-0.3, -0.25) is 4.79 Å². The average molecular weight is 336 g/mol. The van der Waals surface area contributed by atoms with E-state index in [0.717, 1.165) is 17.5 Å². The second kappa shape index (κ2) is 8.57. The first-order valence-corrected chi connectivity index (χ1v) is 8.18. The molecule has 0 bridgehead atoms. The van der Waals surface area contributed by atoms with Gasteiger partial charge in [0.25, 0.3) is 0 Å². The molecule has 0 spiro atoms. The Balaban J connectivity index is 2.85. The smallest absolute Gasteiger partial charge is 0.408 e. The third-order valence-corrected chi connectivity index (χ3v) is 3.26. The summed E-state index contributed by atoms with van der Waals surface area (Å²) in [6.07, 6.45) is 0.494. The molecule has 1 unspecified atom stereocenters. The molecule has 1 aromatic rings. The Morgan fingerprint density at radius 1 is 1.29 bits per heavy atom. The summed E-state index contributed by atoms with van der Waals surface area (Å²) in [4.78, 5) is 24.3. The summed E-state index contributed by atoms with van der Waals surface area (Å²) in [6, 6.07) is 4.38. The monoisotopic (exact) mass is 336 g/mol. The van der Waals surface area contributed by atoms with E-state index in [0.29, 0.717) is 13.0 Å². The van der Waals surface area contributed by atoms with Gasteiger partial charge in [0.15, 0.2) is 0 Å². The first kappa shape index (κ1) is 19.8. The summed E-state index contributed by atoms with van der Waals surface area (Å²) in [5.74, 6) is -0.0562. The molecule has 1 aromatic carbocycles. The van der Waals surface area contributed by atoms with Crippen molar-refractivity contribution in [1.82, 2.24) is 10.6 Å². The highest BCUT2D eigenvalue weighted by Gasteiger charge is 2.24. The molecule has 1 rings (SSSR count). The van der Waals surface area contributed by atoms with Crippen molar-refractivity contribution in [2.75, 3.05) is 6.54 Å². The van der Waals surface area contributed by atoms with Crippen LogP contribution < -0.4 is 10.6 Å². The standard InChI is InChI=1S/C18H28N2O4/c1-6-9-19-16(22)14(20-17(23)24-18(3,4)5)11-13-7-8-15(21)12(2)10-13/h7-8,10,14,21H,6,9,11H2,1-5H3,(H,19,22)(H,20,23). The van der Waals surface area contributed by atoms with Crippen molar-refractivity contribution in [3.05, 3.63) is 29.3 Å². The Kier molecular flexibility index (Phi) is 7.07. The van der Waals surface area contributed by atoms with Gasteiger partial charge in [0.1, 0.15) is 17.4 Å². The van der Waals surface area contributed by atoms with E-state index in [9.17, 15) is 14.7 Å². The van der Waals surface area contributed by atoms with Crippen molar-refractivity contribution in [2.45, 2.75) is 59.1 Å². The molecule has 3 N–H and O–H groups in total. The van der Waals surface area contributed by atoms with Gasteiger partial charge >= 0.3 is 6.09 Å². The lowest BCUT2D eigenvalue weighted by molar-refractivity contribution is -0.123. The number of nitrogens with one attached hydrogen (secondary N) is 2. The number of rotatable bonds is 6. The molecule has 6 nitrogen and oxygen atoms in total. The molecule has 0 heterocycles. The first-order chi connectivity index (χ1) is 11.1. The van der Waals surface area contributed by atoms with Crippen LogP contribution in [0.15, 0.2) is 18.2 Å². The molecule has 0 aliphatic heterocycles. The third kappa shape index (κ3) is 6.89. The highest BCUT2D eigenvalue weighted by Crippen LogP contribution is 2.18. The first-order valence-electron chi connectivity index (χ1n) is 8.18. The van der Waals surface area contributed by atoms with Gasteiger partial charge in [0, 0.05) is 13.0 Å². The van der Waals surface area contributed by atoms with Crippen molar-refractivity contribution in [2.24, 2.45) is 0 Å². The fourth-order valence-electron chi connectivity index (χ4n) is 2.11. The maximum Gasteiger partial charge on any atom is 0.408 e. The van der Waals surface area contributed by atoms with Gasteiger partial charge < -0.3 is 20.5 Å². The number of hydrogen-bond acceptors (Lipinski definition) is 4. The number of aromatic hydroxyl groups is 1. The number of ether oxygens (including phenoxy) is 1. The quantitative estimate of drug-likeness (QED) is 0.745. The van der Waals surface area contributed by atoms with E-state index in [1.54, 1.807) is 45.9 Å². The van der Waals surface area contributed by atoms with Crippen LogP contribution in [0.4, 0.5) is 4.79 Å². The van der Waals surface area contributed by atoms with Gasteiger partial charge in [-0.2, -0.15) is 0 Å². The topological polar surface area (TPSA) is 87.7 Å². The largest absolute Gasteiger partial charge is 0.508 e. The lowest BCUT2D eigenvalue weighted by Gasteiger charge is -2.23. The molecule has 0 radical (unpaired) electrons. The van der Waals surface area contributed by atoms with Crippen LogP contribution in [0, 0.1) is 6.92 Å². The molecule has 24 heavy (non-hydrogen) atoms. The van der Waals surface area contributed by atoms with Gasteiger partial charge in [0.2, 0.25) is 5.91 Å². The summed E-state index contributed by atoms with van der Waals surface area (Å²) >= 11 is 0. The second-order valence-electron chi connectivity index (χ2n) is 6.81. The van der Waals surface area contributed by atoms with Crippen LogP contribution in [0.25, 0.3) is 0 Å². The molecular formula is C18H28N2O4. The number of hydrogen-bond donors (Lipinski definition) is 3. The van der Waals surface area contributed by atoms with E-state index < -0.39 is 17.7 Å². The lowest BCUT2D eigenvalue weighted by Crippen LogP contribution is -2.49. The van der Waals surface area contributed by atoms with Crippen LogP contribution in [0.2, 0.25) is 0 Å². The molecule has 0 aliphatic carbocycles. The predicted molar refractivity (Wildman–Crippen MR) is 93.0 cm³/mol. The maximum atomic E-state index is 12.3. The Hall–Kier alpha value is -2.24. The molecule has 0 aromatic heterocycles. The van der Waals surface area contributed by atoms with Crippen LogP contribution in [-0.2, 0) is 16.0 Å². The molecule has 2 amide bonds. The van der Waals surface area contributed by atoms with Gasteiger partial charge in [-0.25, -0.2) is 4.79 Å². The number of phenols is 1. The minimum atomic E-state index is -0.740. The van der Waals surface area contributed by atoms with Crippen molar-refractivity contribution >= 4 is 12.0 Å². The van der Waals surface area contributed by atoms with E-state index in [1.807, 2.05) is 6.92 Å².